The van der Waals surface area contributed by atoms with Crippen molar-refractivity contribution in [1.82, 2.24) is 0 Å². The number of hydrogen-bond donors (Lipinski definition) is 8. The predicted molar refractivity (Wildman–Crippen MR) is 103 cm³/mol. The molecule has 0 aromatic heterocycles. The smallest absolute Gasteiger partial charge is 0.201 e. The summed E-state index contributed by atoms with van der Waals surface area (Å²) in [5.74, 6) is -3.66. The molecule has 0 radical (unpaired) electrons. The number of rotatable bonds is 3. The standard InChI is InChI=1S/C21H22O10/c22-5-7-3-9-13(21-20(30)19(29)17(27)12(6-23)31-21)8-1-2-10(24)16(26)15(8)18(28)14(9)11(25)4-7/h1-4,12-13,17,19-27,29-30H,5-6H2/t12-,13-,17-,19+,20-,21-/m1/s1. The number of phenolic OH excluding ortho intramolecular Hbond substituents is 3. The van der Waals surface area contributed by atoms with E-state index in [0.29, 0.717) is 0 Å². The monoisotopic (exact) mass is 434 g/mol. The minimum atomic E-state index is -1.69. The molecule has 2 aromatic rings. The highest BCUT2D eigenvalue weighted by Gasteiger charge is 2.50. The van der Waals surface area contributed by atoms with Gasteiger partial charge in [-0.1, -0.05) is 12.1 Å². The lowest BCUT2D eigenvalue weighted by Gasteiger charge is -2.45. The van der Waals surface area contributed by atoms with Crippen LogP contribution in [-0.2, 0) is 11.3 Å². The number of carbonyl (C=O) groups excluding carboxylic acids is 1. The van der Waals surface area contributed by atoms with E-state index < -0.39 is 72.7 Å². The van der Waals surface area contributed by atoms with E-state index in [1.54, 1.807) is 0 Å². The Morgan fingerprint density at radius 2 is 1.55 bits per heavy atom. The molecule has 4 rings (SSSR count). The van der Waals surface area contributed by atoms with Gasteiger partial charge in [0, 0.05) is 5.92 Å². The van der Waals surface area contributed by atoms with Crippen LogP contribution in [0.4, 0.5) is 0 Å². The van der Waals surface area contributed by atoms with Gasteiger partial charge in [0.2, 0.25) is 5.78 Å². The Bertz CT molecular complexity index is 1030. The molecular formula is C21H22O10. The van der Waals surface area contributed by atoms with Crippen molar-refractivity contribution < 1.29 is 50.4 Å². The fraction of sp³-hybridized carbons (Fsp3) is 0.381. The highest BCUT2D eigenvalue weighted by Crippen LogP contribution is 2.49. The van der Waals surface area contributed by atoms with Crippen LogP contribution in [0.25, 0.3) is 0 Å². The topological polar surface area (TPSA) is 188 Å². The maximum absolute atomic E-state index is 13.1. The third kappa shape index (κ3) is 3.16. The number of aliphatic hydroxyl groups is 5. The van der Waals surface area contributed by atoms with Gasteiger partial charge in [-0.05, 0) is 28.8 Å². The summed E-state index contributed by atoms with van der Waals surface area (Å²) < 4.78 is 5.69. The third-order valence-electron chi connectivity index (χ3n) is 5.96. The quantitative estimate of drug-likeness (QED) is 0.273. The first kappa shape index (κ1) is 21.5. The normalized spacial score (nSPS) is 30.0. The molecule has 0 unspecified atom stereocenters. The number of fused-ring (bicyclic) bond motifs is 2. The van der Waals surface area contributed by atoms with Crippen LogP contribution in [0.5, 0.6) is 17.2 Å². The van der Waals surface area contributed by atoms with Gasteiger partial charge in [0.25, 0.3) is 0 Å². The second kappa shape index (κ2) is 7.75. The Kier molecular flexibility index (Phi) is 5.38. The second-order valence-corrected chi connectivity index (χ2v) is 7.74. The Hall–Kier alpha value is -2.73. The van der Waals surface area contributed by atoms with E-state index >= 15 is 0 Å². The molecule has 6 atom stereocenters. The molecule has 0 bridgehead atoms. The largest absolute Gasteiger partial charge is 0.507 e. The molecule has 0 saturated carbocycles. The van der Waals surface area contributed by atoms with Crippen LogP contribution in [0, 0.1) is 0 Å². The van der Waals surface area contributed by atoms with Gasteiger partial charge in [0.05, 0.1) is 30.4 Å². The molecule has 2 aliphatic rings. The molecule has 1 aliphatic heterocycles. The predicted octanol–water partition coefficient (Wildman–Crippen LogP) is -1.19. The average molecular weight is 434 g/mol. The third-order valence-corrected chi connectivity index (χ3v) is 5.96. The summed E-state index contributed by atoms with van der Waals surface area (Å²) >= 11 is 0. The first-order valence-corrected chi connectivity index (χ1v) is 9.57. The summed E-state index contributed by atoms with van der Waals surface area (Å²) in [7, 11) is 0. The zero-order valence-corrected chi connectivity index (χ0v) is 16.1. The first-order chi connectivity index (χ1) is 14.7. The van der Waals surface area contributed by atoms with Crippen molar-refractivity contribution in [3.8, 4) is 17.2 Å². The molecule has 1 saturated heterocycles. The van der Waals surface area contributed by atoms with Crippen molar-refractivity contribution >= 4 is 5.78 Å². The zero-order chi connectivity index (χ0) is 22.6. The SMILES string of the molecule is O=C1c2c(O)cc(CO)cc2[C@H]([C@H]2O[C@H](CO)[C@@H](O)[C@H](O)[C@H]2O)c2ccc(O)c(O)c21. The number of aliphatic hydroxyl groups excluding tert-OH is 5. The molecule has 10 heteroatoms. The van der Waals surface area contributed by atoms with Gasteiger partial charge in [-0.15, -0.1) is 0 Å². The van der Waals surface area contributed by atoms with E-state index in [4.69, 9.17) is 4.74 Å². The van der Waals surface area contributed by atoms with Crippen LogP contribution in [-0.4, -0.2) is 83.8 Å². The first-order valence-electron chi connectivity index (χ1n) is 9.57. The number of hydrogen-bond acceptors (Lipinski definition) is 10. The number of ether oxygens (including phenoxy) is 1. The summed E-state index contributed by atoms with van der Waals surface area (Å²) in [6.07, 6.45) is -7.52. The van der Waals surface area contributed by atoms with Gasteiger partial charge in [-0.3, -0.25) is 4.79 Å². The minimum Gasteiger partial charge on any atom is -0.507 e. The van der Waals surface area contributed by atoms with Gasteiger partial charge < -0.3 is 45.6 Å². The zero-order valence-electron chi connectivity index (χ0n) is 16.1. The number of aromatic hydroxyl groups is 3. The van der Waals surface area contributed by atoms with Crippen LogP contribution >= 0.6 is 0 Å². The highest BCUT2D eigenvalue weighted by atomic mass is 16.5. The summed E-state index contributed by atoms with van der Waals surface area (Å²) in [6.45, 7) is -1.14. The van der Waals surface area contributed by atoms with Gasteiger partial charge in [0.1, 0.15) is 30.2 Å². The Labute approximate surface area is 175 Å². The fourth-order valence-corrected chi connectivity index (χ4v) is 4.44. The molecule has 2 aromatic carbocycles. The highest BCUT2D eigenvalue weighted by molar-refractivity contribution is 6.16. The molecule has 166 valence electrons. The van der Waals surface area contributed by atoms with E-state index in [1.165, 1.54) is 18.2 Å². The molecule has 10 nitrogen and oxygen atoms in total. The molecule has 8 N–H and O–H groups in total. The summed E-state index contributed by atoms with van der Waals surface area (Å²) in [6, 6.07) is 5.07. The van der Waals surface area contributed by atoms with Crippen LogP contribution in [0.1, 0.15) is 38.5 Å². The van der Waals surface area contributed by atoms with Crippen LogP contribution in [0.15, 0.2) is 24.3 Å². The Morgan fingerprint density at radius 1 is 0.839 bits per heavy atom. The van der Waals surface area contributed by atoms with Gasteiger partial charge in [-0.2, -0.15) is 0 Å². The Morgan fingerprint density at radius 3 is 2.19 bits per heavy atom. The van der Waals surface area contributed by atoms with Crippen molar-refractivity contribution in [2.45, 2.75) is 43.0 Å². The van der Waals surface area contributed by atoms with E-state index in [2.05, 4.69) is 0 Å². The van der Waals surface area contributed by atoms with Crippen LogP contribution < -0.4 is 0 Å². The summed E-state index contributed by atoms with van der Waals surface area (Å²) in [4.78, 5) is 13.1. The van der Waals surface area contributed by atoms with Gasteiger partial charge in [0.15, 0.2) is 11.5 Å². The van der Waals surface area contributed by atoms with Crippen LogP contribution in [0.2, 0.25) is 0 Å². The Balaban J connectivity index is 1.98. The van der Waals surface area contributed by atoms with Crippen molar-refractivity contribution in [2.24, 2.45) is 0 Å². The van der Waals surface area contributed by atoms with E-state index in [0.717, 1.165) is 6.07 Å². The number of carbonyl (C=O) groups is 1. The van der Waals surface area contributed by atoms with Gasteiger partial charge >= 0.3 is 0 Å². The molecule has 0 amide bonds. The molecule has 1 aliphatic carbocycles. The van der Waals surface area contributed by atoms with E-state index in [-0.39, 0.29) is 27.8 Å². The lowest BCUT2D eigenvalue weighted by atomic mass is 9.71. The van der Waals surface area contributed by atoms with Crippen LogP contribution in [0.3, 0.4) is 0 Å². The molecule has 1 heterocycles. The number of phenols is 3. The number of ketones is 1. The second-order valence-electron chi connectivity index (χ2n) is 7.74. The molecular weight excluding hydrogens is 412 g/mol. The average Bonchev–Trinajstić information content (AvgIpc) is 2.75. The van der Waals surface area contributed by atoms with E-state index in [1.807, 2.05) is 0 Å². The fourth-order valence-electron chi connectivity index (χ4n) is 4.44. The lowest BCUT2D eigenvalue weighted by Crippen LogP contribution is -2.60. The van der Waals surface area contributed by atoms with Crippen molar-refractivity contribution in [1.29, 1.82) is 0 Å². The minimum absolute atomic E-state index is 0.131. The van der Waals surface area contributed by atoms with E-state index in [9.17, 15) is 45.6 Å². The molecule has 0 spiro atoms. The van der Waals surface area contributed by atoms with Crippen molar-refractivity contribution in [3.63, 3.8) is 0 Å². The molecule has 1 fully saturated rings. The maximum atomic E-state index is 13.1. The number of benzene rings is 2. The summed E-state index contributed by atoms with van der Waals surface area (Å²) in [5, 5.41) is 80.9. The van der Waals surface area contributed by atoms with Crippen molar-refractivity contribution in [2.75, 3.05) is 6.61 Å². The van der Waals surface area contributed by atoms with Crippen molar-refractivity contribution in [3.05, 3.63) is 52.1 Å². The maximum Gasteiger partial charge on any atom is 0.201 e. The molecule has 31 heavy (non-hydrogen) atoms. The van der Waals surface area contributed by atoms with Gasteiger partial charge in [-0.25, -0.2) is 0 Å². The lowest BCUT2D eigenvalue weighted by molar-refractivity contribution is -0.232. The summed E-state index contributed by atoms with van der Waals surface area (Å²) in [5.41, 5.74) is -0.0123.